The van der Waals surface area contributed by atoms with Gasteiger partial charge in [-0.3, -0.25) is 0 Å². The molecule has 0 N–H and O–H groups in total. The van der Waals surface area contributed by atoms with Crippen LogP contribution < -0.4 is 0 Å². The molecule has 0 spiro atoms. The van der Waals surface area contributed by atoms with Gasteiger partial charge in [-0.15, -0.1) is 0 Å². The average molecular weight is 217 g/mol. The Labute approximate surface area is 102 Å². The number of ether oxygens (including phenoxy) is 1. The molecular formula is C14H12O2. The minimum Gasteiger partial charge on any atom is -0.457 e. The molecule has 0 fully saturated rings. The lowest BCUT2D eigenvalue weighted by Gasteiger charge is -2.04. The maximum Gasteiger partial charge on any atom is 0.338 e. The minimum absolute atomic E-state index is 0.0259. The van der Waals surface area contributed by atoms with Crippen LogP contribution in [0.15, 0.2) is 60.5 Å². The highest BCUT2D eigenvalue weighted by atomic mass is 16.5. The monoisotopic (exact) mass is 217 g/mol. The van der Waals surface area contributed by atoms with Crippen molar-refractivity contribution in [2.45, 2.75) is 6.61 Å². The van der Waals surface area contributed by atoms with Gasteiger partial charge in [-0.2, -0.15) is 0 Å². The van der Waals surface area contributed by atoms with Crippen LogP contribution in [0, 0.1) is 0 Å². The van der Waals surface area contributed by atoms with Gasteiger partial charge < -0.3 is 4.74 Å². The molecule has 16 heavy (non-hydrogen) atoms. The van der Waals surface area contributed by atoms with Crippen LogP contribution in [0.3, 0.4) is 0 Å². The quantitative estimate of drug-likeness (QED) is 0.739. The summed E-state index contributed by atoms with van der Waals surface area (Å²) in [6, 6.07) is 6.15. The molecule has 0 aliphatic rings. The van der Waals surface area contributed by atoms with Crippen molar-refractivity contribution in [1.82, 2.24) is 0 Å². The molecule has 80 valence electrons. The SMILES string of the molecule is [2H]c1c([2H])c([2H])c(C(=O)OCc2ccccc2)c([2H])c1[2H]. The zero-order chi connectivity index (χ0) is 15.6. The van der Waals surface area contributed by atoms with Gasteiger partial charge >= 0.3 is 5.97 Å². The zero-order valence-corrected chi connectivity index (χ0v) is 8.41. The van der Waals surface area contributed by atoms with Gasteiger partial charge in [0.2, 0.25) is 0 Å². The summed E-state index contributed by atoms with van der Waals surface area (Å²) in [5, 5.41) is 0. The molecule has 0 aliphatic carbocycles. The van der Waals surface area contributed by atoms with Crippen LogP contribution in [0.2, 0.25) is 0 Å². The number of rotatable bonds is 3. The third-order valence-electron chi connectivity index (χ3n) is 1.92. The molecule has 0 saturated heterocycles. The molecule has 0 amide bonds. The fourth-order valence-corrected chi connectivity index (χ4v) is 1.15. The number of carbonyl (C=O) groups is 1. The third-order valence-corrected chi connectivity index (χ3v) is 1.92. The molecule has 0 bridgehead atoms. The molecule has 0 atom stereocenters. The number of esters is 1. The summed E-state index contributed by atoms with van der Waals surface area (Å²) in [7, 11) is 0. The van der Waals surface area contributed by atoms with Crippen molar-refractivity contribution in [3.8, 4) is 0 Å². The van der Waals surface area contributed by atoms with Gasteiger partial charge in [0.15, 0.2) is 0 Å². The van der Waals surface area contributed by atoms with E-state index in [1.165, 1.54) is 0 Å². The van der Waals surface area contributed by atoms with E-state index >= 15 is 0 Å². The molecule has 0 aromatic heterocycles. The first kappa shape index (κ1) is 5.85. The minimum atomic E-state index is -0.934. The number of carbonyl (C=O) groups excluding carboxylic acids is 1. The summed E-state index contributed by atoms with van der Waals surface area (Å²) >= 11 is 0. The molecule has 2 rings (SSSR count). The van der Waals surface area contributed by atoms with Crippen LogP contribution in [0.5, 0.6) is 0 Å². The van der Waals surface area contributed by atoms with Gasteiger partial charge in [-0.05, 0) is 17.6 Å². The zero-order valence-electron chi connectivity index (χ0n) is 13.4. The Balaban J connectivity index is 2.28. The van der Waals surface area contributed by atoms with Crippen LogP contribution in [0.25, 0.3) is 0 Å². The topological polar surface area (TPSA) is 26.3 Å². The molecular weight excluding hydrogens is 200 g/mol. The lowest BCUT2D eigenvalue weighted by molar-refractivity contribution is 0.0472. The Hall–Kier alpha value is -2.09. The van der Waals surface area contributed by atoms with Gasteiger partial charge in [-0.1, -0.05) is 48.5 Å². The smallest absolute Gasteiger partial charge is 0.338 e. The molecule has 2 nitrogen and oxygen atoms in total. The average Bonchev–Trinajstić information content (AvgIpc) is 2.50. The van der Waals surface area contributed by atoms with Crippen molar-refractivity contribution >= 4 is 5.97 Å². The fraction of sp³-hybridized carbons (Fsp3) is 0.0714. The van der Waals surface area contributed by atoms with Crippen molar-refractivity contribution in [3.05, 3.63) is 71.7 Å². The molecule has 2 aromatic rings. The van der Waals surface area contributed by atoms with Crippen molar-refractivity contribution in [2.75, 3.05) is 0 Å². The third kappa shape index (κ3) is 2.70. The Kier molecular flexibility index (Phi) is 1.87. The lowest BCUT2D eigenvalue weighted by atomic mass is 10.2. The van der Waals surface area contributed by atoms with E-state index in [0.29, 0.717) is 0 Å². The number of hydrogen-bond acceptors (Lipinski definition) is 2. The summed E-state index contributed by atoms with van der Waals surface area (Å²) in [6.07, 6.45) is 0. The van der Waals surface area contributed by atoms with Crippen molar-refractivity contribution in [2.24, 2.45) is 0 Å². The van der Waals surface area contributed by atoms with Crippen LogP contribution in [0.1, 0.15) is 22.8 Å². The first-order valence-corrected chi connectivity index (χ1v) is 4.71. The van der Waals surface area contributed by atoms with E-state index < -0.39 is 41.7 Å². The normalized spacial score (nSPS) is 14.1. The van der Waals surface area contributed by atoms with Crippen LogP contribution in [0.4, 0.5) is 0 Å². The van der Waals surface area contributed by atoms with Gasteiger partial charge in [0, 0.05) is 0 Å². The second kappa shape index (κ2) is 5.12. The van der Waals surface area contributed by atoms with Gasteiger partial charge in [0.25, 0.3) is 0 Å². The van der Waals surface area contributed by atoms with Crippen molar-refractivity contribution in [1.29, 1.82) is 0 Å². The predicted molar refractivity (Wildman–Crippen MR) is 62.0 cm³/mol. The van der Waals surface area contributed by atoms with Crippen LogP contribution in [-0.2, 0) is 11.3 Å². The Morgan fingerprint density at radius 2 is 1.81 bits per heavy atom. The Morgan fingerprint density at radius 1 is 1.12 bits per heavy atom. The van der Waals surface area contributed by atoms with Crippen LogP contribution >= 0.6 is 0 Å². The van der Waals surface area contributed by atoms with E-state index in [1.807, 2.05) is 6.07 Å². The molecule has 2 heteroatoms. The predicted octanol–water partition coefficient (Wildman–Crippen LogP) is 3.04. The molecule has 2 aromatic carbocycles. The van der Waals surface area contributed by atoms with Crippen LogP contribution in [-0.4, -0.2) is 5.97 Å². The highest BCUT2D eigenvalue weighted by Gasteiger charge is 2.05. The lowest BCUT2D eigenvalue weighted by Crippen LogP contribution is -2.04. The first-order valence-electron chi connectivity index (χ1n) is 7.21. The maximum atomic E-state index is 12.0. The molecule has 0 saturated carbocycles. The van der Waals surface area contributed by atoms with E-state index in [-0.39, 0.29) is 6.61 Å². The van der Waals surface area contributed by atoms with Crippen molar-refractivity contribution in [3.63, 3.8) is 0 Å². The maximum absolute atomic E-state index is 12.0. The highest BCUT2D eigenvalue weighted by molar-refractivity contribution is 5.89. The summed E-state index contributed by atoms with van der Waals surface area (Å²) in [4.78, 5) is 12.0. The van der Waals surface area contributed by atoms with E-state index in [0.717, 1.165) is 5.56 Å². The van der Waals surface area contributed by atoms with E-state index in [4.69, 9.17) is 11.6 Å². The van der Waals surface area contributed by atoms with Gasteiger partial charge in [0.1, 0.15) is 6.61 Å². The second-order valence-electron chi connectivity index (χ2n) is 3.06. The molecule has 0 unspecified atom stereocenters. The summed E-state index contributed by atoms with van der Waals surface area (Å²) in [6.45, 7) is -0.0259. The molecule has 0 radical (unpaired) electrons. The highest BCUT2D eigenvalue weighted by Crippen LogP contribution is 2.05. The fourth-order valence-electron chi connectivity index (χ4n) is 1.15. The first-order chi connectivity index (χ1) is 9.93. The molecule has 0 heterocycles. The van der Waals surface area contributed by atoms with E-state index in [2.05, 4.69) is 0 Å². The van der Waals surface area contributed by atoms with Gasteiger partial charge in [-0.25, -0.2) is 4.79 Å². The Morgan fingerprint density at radius 3 is 2.50 bits per heavy atom. The van der Waals surface area contributed by atoms with Crippen molar-refractivity contribution < 1.29 is 16.4 Å². The standard InChI is InChI=1S/C14H12O2/c15-14(13-9-5-2-6-10-13)16-11-12-7-3-1-4-8-12/h1-10H,11H2/i2D,5D,6D,9D,10D. The number of benzene rings is 2. The second-order valence-corrected chi connectivity index (χ2v) is 3.06. The van der Waals surface area contributed by atoms with E-state index in [9.17, 15) is 4.79 Å². The summed E-state index contributed by atoms with van der Waals surface area (Å²) in [5.41, 5.74) is 0.301. The largest absolute Gasteiger partial charge is 0.457 e. The van der Waals surface area contributed by atoms with E-state index in [1.54, 1.807) is 24.3 Å². The number of hydrogen-bond donors (Lipinski definition) is 0. The summed E-state index contributed by atoms with van der Waals surface area (Å²) < 4.78 is 42.9. The molecule has 0 aliphatic heterocycles. The Bertz CT molecular complexity index is 657. The summed E-state index contributed by atoms with van der Waals surface area (Å²) in [5.74, 6) is -0.934. The van der Waals surface area contributed by atoms with Gasteiger partial charge in [0.05, 0.1) is 12.4 Å².